The molecule has 1 amide bonds. The van der Waals surface area contributed by atoms with E-state index in [1.165, 1.54) is 11.8 Å². The average molecular weight is 372 g/mol. The first-order valence-electron chi connectivity index (χ1n) is 8.46. The highest BCUT2D eigenvalue weighted by Gasteiger charge is 2.20. The summed E-state index contributed by atoms with van der Waals surface area (Å²) in [4.78, 5) is 24.4. The minimum atomic E-state index is -0.307. The quantitative estimate of drug-likeness (QED) is 0.434. The molecule has 1 aromatic heterocycles. The Hall–Kier alpha value is -2.41. The number of hydrogen-bond donors (Lipinski definition) is 1. The standard InChI is InChI=1S/C19H24N4O2S/c1-6-11-23-14(5)21-22-19(23)26-13(4)17(24)15-7-9-16(10-8-15)20-18(25)12(2)3/h6-10,12-13H,1,11H2,2-5H3,(H,20,25)/t13-/m0/s1. The normalized spacial score (nSPS) is 12.0. The Balaban J connectivity index is 2.06. The van der Waals surface area contributed by atoms with Gasteiger partial charge in [-0.25, -0.2) is 0 Å². The highest BCUT2D eigenvalue weighted by molar-refractivity contribution is 8.00. The van der Waals surface area contributed by atoms with Crippen LogP contribution in [0.1, 0.15) is 37.0 Å². The van der Waals surface area contributed by atoms with Gasteiger partial charge in [0.1, 0.15) is 5.82 Å². The van der Waals surface area contributed by atoms with Crippen molar-refractivity contribution in [3.63, 3.8) is 0 Å². The zero-order chi connectivity index (χ0) is 19.3. The van der Waals surface area contributed by atoms with Crippen LogP contribution in [0.25, 0.3) is 0 Å². The lowest BCUT2D eigenvalue weighted by Crippen LogP contribution is -2.18. The van der Waals surface area contributed by atoms with Crippen LogP contribution in [-0.4, -0.2) is 31.7 Å². The highest BCUT2D eigenvalue weighted by Crippen LogP contribution is 2.25. The number of nitrogens with zero attached hydrogens (tertiary/aromatic N) is 3. The van der Waals surface area contributed by atoms with Crippen molar-refractivity contribution in [1.82, 2.24) is 14.8 Å². The number of ketones is 1. The number of thioether (sulfide) groups is 1. The molecular weight excluding hydrogens is 348 g/mol. The third-order valence-electron chi connectivity index (χ3n) is 3.83. The van der Waals surface area contributed by atoms with E-state index in [0.29, 0.717) is 23.0 Å². The van der Waals surface area contributed by atoms with E-state index in [9.17, 15) is 9.59 Å². The van der Waals surface area contributed by atoms with Gasteiger partial charge in [-0.1, -0.05) is 31.7 Å². The number of hydrogen-bond acceptors (Lipinski definition) is 5. The highest BCUT2D eigenvalue weighted by atomic mass is 32.2. The van der Waals surface area contributed by atoms with Crippen LogP contribution in [0.4, 0.5) is 5.69 Å². The molecule has 7 heteroatoms. The summed E-state index contributed by atoms with van der Waals surface area (Å²) in [5.41, 5.74) is 1.28. The first kappa shape index (κ1) is 19.9. The molecule has 1 heterocycles. The first-order valence-corrected chi connectivity index (χ1v) is 9.34. The first-order chi connectivity index (χ1) is 12.3. The molecule has 0 aliphatic heterocycles. The molecule has 6 nitrogen and oxygen atoms in total. The number of allylic oxidation sites excluding steroid dienone is 1. The average Bonchev–Trinajstić information content (AvgIpc) is 2.95. The maximum Gasteiger partial charge on any atom is 0.226 e. The van der Waals surface area contributed by atoms with Gasteiger partial charge in [-0.15, -0.1) is 16.8 Å². The fourth-order valence-electron chi connectivity index (χ4n) is 2.24. The summed E-state index contributed by atoms with van der Waals surface area (Å²) in [5, 5.41) is 11.4. The van der Waals surface area contributed by atoms with Crippen molar-refractivity contribution in [1.29, 1.82) is 0 Å². The van der Waals surface area contributed by atoms with Crippen LogP contribution < -0.4 is 5.32 Å². The van der Waals surface area contributed by atoms with E-state index in [2.05, 4.69) is 22.1 Å². The fraction of sp³-hybridized carbons (Fsp3) is 0.368. The van der Waals surface area contributed by atoms with Crippen molar-refractivity contribution in [3.05, 3.63) is 48.3 Å². The molecule has 1 N–H and O–H groups in total. The summed E-state index contributed by atoms with van der Waals surface area (Å²) in [6, 6.07) is 6.95. The predicted molar refractivity (Wildman–Crippen MR) is 105 cm³/mol. The van der Waals surface area contributed by atoms with Gasteiger partial charge in [-0.05, 0) is 38.1 Å². The molecule has 0 bridgehead atoms. The Morgan fingerprint density at radius 2 is 1.88 bits per heavy atom. The molecule has 0 radical (unpaired) electrons. The van der Waals surface area contributed by atoms with Crippen LogP contribution in [-0.2, 0) is 11.3 Å². The third kappa shape index (κ3) is 4.82. The number of aryl methyl sites for hydroxylation is 1. The Morgan fingerprint density at radius 1 is 1.23 bits per heavy atom. The van der Waals surface area contributed by atoms with Gasteiger partial charge in [0.2, 0.25) is 5.91 Å². The number of rotatable bonds is 8. The SMILES string of the molecule is C=CCn1c(C)nnc1S[C@@H](C)C(=O)c1ccc(NC(=O)C(C)C)cc1. The van der Waals surface area contributed by atoms with Crippen LogP contribution >= 0.6 is 11.8 Å². The molecular formula is C19H24N4O2S. The van der Waals surface area contributed by atoms with Crippen molar-refractivity contribution in [2.45, 2.75) is 44.6 Å². The molecule has 1 atom stereocenters. The molecule has 0 fully saturated rings. The maximum absolute atomic E-state index is 12.7. The summed E-state index contributed by atoms with van der Waals surface area (Å²) < 4.78 is 1.92. The van der Waals surface area contributed by atoms with Crippen LogP contribution in [0, 0.1) is 12.8 Å². The van der Waals surface area contributed by atoms with Gasteiger partial charge in [0.15, 0.2) is 10.9 Å². The Labute approximate surface area is 158 Å². The molecule has 1 aromatic carbocycles. The summed E-state index contributed by atoms with van der Waals surface area (Å²) in [5.74, 6) is 0.647. The van der Waals surface area contributed by atoms with Gasteiger partial charge < -0.3 is 9.88 Å². The van der Waals surface area contributed by atoms with Gasteiger partial charge >= 0.3 is 0 Å². The second kappa shape index (κ2) is 8.80. The summed E-state index contributed by atoms with van der Waals surface area (Å²) >= 11 is 1.37. The van der Waals surface area contributed by atoms with Gasteiger partial charge in [0.25, 0.3) is 0 Å². The lowest BCUT2D eigenvalue weighted by molar-refractivity contribution is -0.118. The molecule has 0 saturated heterocycles. The lowest BCUT2D eigenvalue weighted by Gasteiger charge is -2.12. The van der Waals surface area contributed by atoms with Gasteiger partial charge in [0, 0.05) is 23.7 Å². The molecule has 138 valence electrons. The predicted octanol–water partition coefficient (Wildman–Crippen LogP) is 3.73. The van der Waals surface area contributed by atoms with Crippen LogP contribution in [0.2, 0.25) is 0 Å². The summed E-state index contributed by atoms with van der Waals surface area (Å²) in [7, 11) is 0. The zero-order valence-corrected chi connectivity index (χ0v) is 16.3. The second-order valence-electron chi connectivity index (χ2n) is 6.27. The van der Waals surface area contributed by atoms with E-state index in [-0.39, 0.29) is 22.9 Å². The topological polar surface area (TPSA) is 76.9 Å². The minimum absolute atomic E-state index is 0.00235. The van der Waals surface area contributed by atoms with Crippen molar-refractivity contribution >= 4 is 29.1 Å². The van der Waals surface area contributed by atoms with Crippen LogP contribution in [0.15, 0.2) is 42.1 Å². The smallest absolute Gasteiger partial charge is 0.226 e. The zero-order valence-electron chi connectivity index (χ0n) is 15.5. The number of aromatic nitrogens is 3. The van der Waals surface area contributed by atoms with Crippen molar-refractivity contribution < 1.29 is 9.59 Å². The molecule has 0 saturated carbocycles. The van der Waals surface area contributed by atoms with E-state index in [0.717, 1.165) is 5.82 Å². The molecule has 0 spiro atoms. The number of benzene rings is 1. The van der Waals surface area contributed by atoms with Gasteiger partial charge in [-0.3, -0.25) is 9.59 Å². The van der Waals surface area contributed by atoms with E-state index in [4.69, 9.17) is 0 Å². The number of carbonyl (C=O) groups excluding carboxylic acids is 2. The Kier molecular flexibility index (Phi) is 6.74. The second-order valence-corrected chi connectivity index (χ2v) is 7.58. The van der Waals surface area contributed by atoms with Gasteiger partial charge in [-0.2, -0.15) is 0 Å². The summed E-state index contributed by atoms with van der Waals surface area (Å²) in [6.45, 7) is 11.7. The van der Waals surface area contributed by atoms with E-state index in [1.54, 1.807) is 30.3 Å². The maximum atomic E-state index is 12.7. The third-order valence-corrected chi connectivity index (χ3v) is 4.91. The molecule has 2 aromatic rings. The lowest BCUT2D eigenvalue weighted by atomic mass is 10.1. The number of amides is 1. The van der Waals surface area contributed by atoms with Crippen LogP contribution in [0.5, 0.6) is 0 Å². The fourth-order valence-corrected chi connectivity index (χ4v) is 3.22. The van der Waals surface area contributed by atoms with Crippen molar-refractivity contribution in [2.75, 3.05) is 5.32 Å². The Bertz CT molecular complexity index is 796. The van der Waals surface area contributed by atoms with Gasteiger partial charge in [0.05, 0.1) is 5.25 Å². The molecule has 0 unspecified atom stereocenters. The number of Topliss-reactive ketones (excluding diaryl/α,β-unsaturated/α-hetero) is 1. The number of anilines is 1. The molecule has 2 rings (SSSR count). The monoisotopic (exact) mass is 372 g/mol. The largest absolute Gasteiger partial charge is 0.326 e. The molecule has 0 aliphatic carbocycles. The number of carbonyl (C=O) groups is 2. The van der Waals surface area contributed by atoms with E-state index in [1.807, 2.05) is 32.3 Å². The number of nitrogens with one attached hydrogen (secondary N) is 1. The van der Waals surface area contributed by atoms with Crippen molar-refractivity contribution in [2.24, 2.45) is 5.92 Å². The van der Waals surface area contributed by atoms with Crippen LogP contribution in [0.3, 0.4) is 0 Å². The Morgan fingerprint density at radius 3 is 2.46 bits per heavy atom. The molecule has 26 heavy (non-hydrogen) atoms. The van der Waals surface area contributed by atoms with E-state index >= 15 is 0 Å². The summed E-state index contributed by atoms with van der Waals surface area (Å²) in [6.07, 6.45) is 1.77. The minimum Gasteiger partial charge on any atom is -0.326 e. The van der Waals surface area contributed by atoms with E-state index < -0.39 is 0 Å². The van der Waals surface area contributed by atoms with Crippen molar-refractivity contribution in [3.8, 4) is 0 Å². The molecule has 0 aliphatic rings.